The molecule has 1 aromatic heterocycles. The molecule has 0 atom stereocenters. The summed E-state index contributed by atoms with van der Waals surface area (Å²) >= 11 is 2.30. The third-order valence-corrected chi connectivity index (χ3v) is 2.72. The predicted octanol–water partition coefficient (Wildman–Crippen LogP) is 2.78. The molecule has 1 aromatic carbocycles. The molecule has 0 radical (unpaired) electrons. The molecular formula is C9H8INO. The summed E-state index contributed by atoms with van der Waals surface area (Å²) in [5.41, 5.74) is 1.12. The Labute approximate surface area is 84.1 Å². The summed E-state index contributed by atoms with van der Waals surface area (Å²) in [5.74, 6) is 0.898. The van der Waals surface area contributed by atoms with Gasteiger partial charge in [-0.1, -0.05) is 0 Å². The molecule has 12 heavy (non-hydrogen) atoms. The number of hydrogen-bond donors (Lipinski definition) is 1. The van der Waals surface area contributed by atoms with Crippen molar-refractivity contribution in [3.05, 3.63) is 28.0 Å². The average molecular weight is 273 g/mol. The van der Waals surface area contributed by atoms with Crippen molar-refractivity contribution in [2.24, 2.45) is 0 Å². The zero-order valence-corrected chi connectivity index (χ0v) is 8.75. The molecule has 0 unspecified atom stereocenters. The van der Waals surface area contributed by atoms with Crippen LogP contribution in [0.4, 0.5) is 0 Å². The Morgan fingerprint density at radius 3 is 3.00 bits per heavy atom. The molecule has 1 N–H and O–H groups in total. The van der Waals surface area contributed by atoms with Gasteiger partial charge >= 0.3 is 0 Å². The maximum atomic E-state index is 5.15. The van der Waals surface area contributed by atoms with E-state index < -0.39 is 0 Å². The SMILES string of the molecule is COc1cc(I)c2cc[nH]c2c1. The number of rotatable bonds is 1. The number of halogens is 1. The van der Waals surface area contributed by atoms with Gasteiger partial charge in [0.15, 0.2) is 0 Å². The normalized spacial score (nSPS) is 10.5. The molecule has 3 heteroatoms. The van der Waals surface area contributed by atoms with E-state index in [1.807, 2.05) is 18.3 Å². The van der Waals surface area contributed by atoms with Crippen LogP contribution < -0.4 is 4.74 Å². The fraction of sp³-hybridized carbons (Fsp3) is 0.111. The third kappa shape index (κ3) is 1.18. The Morgan fingerprint density at radius 1 is 1.42 bits per heavy atom. The Kier molecular flexibility index (Phi) is 1.96. The fourth-order valence-electron chi connectivity index (χ4n) is 1.21. The van der Waals surface area contributed by atoms with Gasteiger partial charge in [0.25, 0.3) is 0 Å². The number of aromatic amines is 1. The molecule has 0 aliphatic heterocycles. The van der Waals surface area contributed by atoms with Crippen LogP contribution in [0.3, 0.4) is 0 Å². The van der Waals surface area contributed by atoms with Gasteiger partial charge in [-0.15, -0.1) is 0 Å². The minimum absolute atomic E-state index is 0.898. The van der Waals surface area contributed by atoms with Crippen molar-refractivity contribution >= 4 is 33.5 Å². The highest BCUT2D eigenvalue weighted by Gasteiger charge is 2.01. The maximum absolute atomic E-state index is 5.15. The van der Waals surface area contributed by atoms with Crippen LogP contribution in [0.5, 0.6) is 5.75 Å². The van der Waals surface area contributed by atoms with Crippen LogP contribution in [0.15, 0.2) is 24.4 Å². The number of benzene rings is 1. The summed E-state index contributed by atoms with van der Waals surface area (Å²) < 4.78 is 6.36. The molecule has 2 aromatic rings. The van der Waals surface area contributed by atoms with Crippen molar-refractivity contribution in [3.63, 3.8) is 0 Å². The highest BCUT2D eigenvalue weighted by molar-refractivity contribution is 14.1. The second-order valence-electron chi connectivity index (χ2n) is 2.55. The molecule has 62 valence electrons. The fourth-order valence-corrected chi connectivity index (χ4v) is 1.99. The number of hydrogen-bond acceptors (Lipinski definition) is 1. The molecule has 0 aliphatic rings. The van der Waals surface area contributed by atoms with Crippen LogP contribution in [0, 0.1) is 3.57 Å². The summed E-state index contributed by atoms with van der Waals surface area (Å²) in [6.45, 7) is 0. The van der Waals surface area contributed by atoms with Crippen LogP contribution in [0.25, 0.3) is 10.9 Å². The molecule has 0 saturated carbocycles. The first-order chi connectivity index (χ1) is 5.81. The van der Waals surface area contributed by atoms with E-state index in [9.17, 15) is 0 Å². The van der Waals surface area contributed by atoms with Gasteiger partial charge in [0.05, 0.1) is 12.6 Å². The van der Waals surface area contributed by atoms with Crippen molar-refractivity contribution in [2.75, 3.05) is 7.11 Å². The number of methoxy groups -OCH3 is 1. The summed E-state index contributed by atoms with van der Waals surface area (Å²) in [4.78, 5) is 3.15. The molecule has 2 rings (SSSR count). The van der Waals surface area contributed by atoms with Crippen LogP contribution in [-0.2, 0) is 0 Å². The molecule has 0 saturated heterocycles. The second kappa shape index (κ2) is 2.97. The Bertz CT molecular complexity index is 408. The lowest BCUT2D eigenvalue weighted by Gasteiger charge is -2.00. The van der Waals surface area contributed by atoms with E-state index in [-0.39, 0.29) is 0 Å². The van der Waals surface area contributed by atoms with E-state index in [0.717, 1.165) is 11.3 Å². The number of nitrogens with one attached hydrogen (secondary N) is 1. The lowest BCUT2D eigenvalue weighted by Crippen LogP contribution is -1.83. The summed E-state index contributed by atoms with van der Waals surface area (Å²) in [6.07, 6.45) is 1.94. The standard InChI is InChI=1S/C9H8INO/c1-12-6-4-8(10)7-2-3-11-9(7)5-6/h2-5,11H,1H3. The second-order valence-corrected chi connectivity index (χ2v) is 3.71. The molecule has 0 fully saturated rings. The number of aromatic nitrogens is 1. The van der Waals surface area contributed by atoms with Gasteiger partial charge < -0.3 is 9.72 Å². The first-order valence-electron chi connectivity index (χ1n) is 3.62. The lowest BCUT2D eigenvalue weighted by molar-refractivity contribution is 0.415. The van der Waals surface area contributed by atoms with Gasteiger partial charge in [-0.3, -0.25) is 0 Å². The van der Waals surface area contributed by atoms with Gasteiger partial charge in [0.1, 0.15) is 5.75 Å². The minimum atomic E-state index is 0.898. The lowest BCUT2D eigenvalue weighted by atomic mass is 10.2. The van der Waals surface area contributed by atoms with Crippen molar-refractivity contribution in [1.29, 1.82) is 0 Å². The Hall–Kier alpha value is -0.710. The zero-order chi connectivity index (χ0) is 8.55. The first kappa shape index (κ1) is 7.91. The molecule has 2 nitrogen and oxygen atoms in total. The largest absolute Gasteiger partial charge is 0.497 e. The maximum Gasteiger partial charge on any atom is 0.122 e. The Morgan fingerprint density at radius 2 is 2.25 bits per heavy atom. The van der Waals surface area contributed by atoms with E-state index in [4.69, 9.17) is 4.74 Å². The van der Waals surface area contributed by atoms with E-state index in [2.05, 4.69) is 33.6 Å². The third-order valence-electron chi connectivity index (χ3n) is 1.83. The summed E-state index contributed by atoms with van der Waals surface area (Å²) in [5, 5.41) is 1.25. The molecule has 0 spiro atoms. The topological polar surface area (TPSA) is 25.0 Å². The first-order valence-corrected chi connectivity index (χ1v) is 4.70. The van der Waals surface area contributed by atoms with Crippen molar-refractivity contribution in [2.45, 2.75) is 0 Å². The Balaban J connectivity index is 2.75. The van der Waals surface area contributed by atoms with E-state index in [0.29, 0.717) is 0 Å². The summed E-state index contributed by atoms with van der Waals surface area (Å²) in [6, 6.07) is 6.09. The van der Waals surface area contributed by atoms with E-state index in [1.165, 1.54) is 8.96 Å². The number of H-pyrrole nitrogens is 1. The zero-order valence-electron chi connectivity index (χ0n) is 6.60. The molecule has 0 aliphatic carbocycles. The van der Waals surface area contributed by atoms with E-state index >= 15 is 0 Å². The molecule has 0 amide bonds. The highest BCUT2D eigenvalue weighted by atomic mass is 127. The van der Waals surface area contributed by atoms with Gasteiger partial charge in [0, 0.05) is 21.2 Å². The van der Waals surface area contributed by atoms with Crippen molar-refractivity contribution in [3.8, 4) is 5.75 Å². The van der Waals surface area contributed by atoms with Crippen LogP contribution in [-0.4, -0.2) is 12.1 Å². The monoisotopic (exact) mass is 273 g/mol. The van der Waals surface area contributed by atoms with Crippen LogP contribution in [0.2, 0.25) is 0 Å². The smallest absolute Gasteiger partial charge is 0.122 e. The summed E-state index contributed by atoms with van der Waals surface area (Å²) in [7, 11) is 1.68. The molecule has 0 bridgehead atoms. The van der Waals surface area contributed by atoms with Crippen LogP contribution in [0.1, 0.15) is 0 Å². The van der Waals surface area contributed by atoms with Gasteiger partial charge in [-0.2, -0.15) is 0 Å². The molecule has 1 heterocycles. The van der Waals surface area contributed by atoms with Crippen LogP contribution >= 0.6 is 22.6 Å². The number of ether oxygens (including phenoxy) is 1. The van der Waals surface area contributed by atoms with Gasteiger partial charge in [0.2, 0.25) is 0 Å². The van der Waals surface area contributed by atoms with Crippen molar-refractivity contribution in [1.82, 2.24) is 4.98 Å². The quantitative estimate of drug-likeness (QED) is 0.794. The number of fused-ring (bicyclic) bond motifs is 1. The van der Waals surface area contributed by atoms with Gasteiger partial charge in [-0.25, -0.2) is 0 Å². The van der Waals surface area contributed by atoms with E-state index in [1.54, 1.807) is 7.11 Å². The average Bonchev–Trinajstić information content (AvgIpc) is 2.52. The highest BCUT2D eigenvalue weighted by Crippen LogP contribution is 2.25. The van der Waals surface area contributed by atoms with Gasteiger partial charge in [-0.05, 0) is 34.7 Å². The van der Waals surface area contributed by atoms with Crippen molar-refractivity contribution < 1.29 is 4.74 Å². The molecular weight excluding hydrogens is 265 g/mol. The predicted molar refractivity (Wildman–Crippen MR) is 57.6 cm³/mol. The minimum Gasteiger partial charge on any atom is -0.497 e.